The van der Waals surface area contributed by atoms with Gasteiger partial charge in [0.05, 0.1) is 6.61 Å². The second-order valence-electron chi connectivity index (χ2n) is 3.53. The summed E-state index contributed by atoms with van der Waals surface area (Å²) >= 11 is 0. The number of ether oxygens (including phenoxy) is 1. The van der Waals surface area contributed by atoms with Crippen molar-refractivity contribution in [1.29, 1.82) is 0 Å². The maximum Gasteiger partial charge on any atom is 0.379 e. The van der Waals surface area contributed by atoms with E-state index in [-0.39, 0.29) is 6.61 Å². The van der Waals surface area contributed by atoms with Crippen molar-refractivity contribution in [2.45, 2.75) is 13.3 Å². The average molecular weight is 216 g/mol. The molecule has 0 atom stereocenters. The van der Waals surface area contributed by atoms with Crippen molar-refractivity contribution in [3.8, 4) is 0 Å². The summed E-state index contributed by atoms with van der Waals surface area (Å²) < 4.78 is 4.70. The van der Waals surface area contributed by atoms with E-state index < -0.39 is 11.8 Å². The van der Waals surface area contributed by atoms with Crippen LogP contribution in [0, 0.1) is 0 Å². The molecular formula is C13H12O3. The number of fused-ring (bicyclic) bond motifs is 1. The molecule has 0 aliphatic heterocycles. The van der Waals surface area contributed by atoms with Gasteiger partial charge in [-0.15, -0.1) is 0 Å². The molecular weight excluding hydrogens is 204 g/mol. The molecule has 0 saturated carbocycles. The molecule has 0 unspecified atom stereocenters. The minimum absolute atomic E-state index is 0.222. The second-order valence-corrected chi connectivity index (χ2v) is 3.53. The van der Waals surface area contributed by atoms with Crippen LogP contribution in [0.25, 0.3) is 5.57 Å². The van der Waals surface area contributed by atoms with E-state index in [0.717, 1.165) is 11.1 Å². The van der Waals surface area contributed by atoms with Gasteiger partial charge in [0, 0.05) is 5.57 Å². The normalized spacial score (nSPS) is 12.9. The first-order chi connectivity index (χ1) is 7.74. The predicted octanol–water partition coefficient (Wildman–Crippen LogP) is 1.76. The van der Waals surface area contributed by atoms with Gasteiger partial charge in [-0.05, 0) is 24.5 Å². The highest BCUT2D eigenvalue weighted by atomic mass is 16.5. The Labute approximate surface area is 93.7 Å². The van der Waals surface area contributed by atoms with Gasteiger partial charge < -0.3 is 4.74 Å². The Morgan fingerprint density at radius 1 is 1.31 bits per heavy atom. The predicted molar refractivity (Wildman–Crippen MR) is 59.8 cm³/mol. The molecule has 1 aromatic rings. The molecule has 0 heterocycles. The van der Waals surface area contributed by atoms with Crippen LogP contribution in [-0.4, -0.2) is 18.4 Å². The minimum Gasteiger partial charge on any atom is -0.460 e. The van der Waals surface area contributed by atoms with Crippen LogP contribution in [0.2, 0.25) is 0 Å². The van der Waals surface area contributed by atoms with Crippen molar-refractivity contribution < 1.29 is 14.3 Å². The van der Waals surface area contributed by atoms with Crippen LogP contribution in [0.4, 0.5) is 0 Å². The molecule has 82 valence electrons. The molecule has 0 spiro atoms. The first-order valence-corrected chi connectivity index (χ1v) is 5.24. The van der Waals surface area contributed by atoms with E-state index in [0.29, 0.717) is 12.0 Å². The zero-order valence-corrected chi connectivity index (χ0v) is 9.03. The Bertz CT molecular complexity index is 472. The highest BCUT2D eigenvalue weighted by molar-refractivity contribution is 6.52. The fourth-order valence-electron chi connectivity index (χ4n) is 1.80. The van der Waals surface area contributed by atoms with E-state index in [1.165, 1.54) is 0 Å². The fraction of sp³-hybridized carbons (Fsp3) is 0.231. The van der Waals surface area contributed by atoms with Crippen LogP contribution in [-0.2, 0) is 20.7 Å². The van der Waals surface area contributed by atoms with Crippen LogP contribution in [0.3, 0.4) is 0 Å². The number of benzene rings is 1. The number of rotatable bonds is 3. The molecule has 0 bridgehead atoms. The van der Waals surface area contributed by atoms with Crippen LogP contribution < -0.4 is 0 Å². The molecule has 2 rings (SSSR count). The first-order valence-electron chi connectivity index (χ1n) is 5.24. The molecule has 3 heteroatoms. The highest BCUT2D eigenvalue weighted by Crippen LogP contribution is 2.27. The summed E-state index contributed by atoms with van der Waals surface area (Å²) in [4.78, 5) is 23.1. The molecule has 0 amide bonds. The quantitative estimate of drug-likeness (QED) is 0.571. The Kier molecular flexibility index (Phi) is 2.86. The third-order valence-electron chi connectivity index (χ3n) is 2.54. The number of allylic oxidation sites excluding steroid dienone is 1. The van der Waals surface area contributed by atoms with Crippen LogP contribution in [0.1, 0.15) is 18.1 Å². The Morgan fingerprint density at radius 2 is 2.06 bits per heavy atom. The number of Topliss-reactive ketones (excluding diaryl/α,β-unsaturated/α-hetero) is 1. The number of carbonyl (C=O) groups excluding carboxylic acids is 2. The number of hydrogen-bond acceptors (Lipinski definition) is 3. The van der Waals surface area contributed by atoms with E-state index >= 15 is 0 Å². The van der Waals surface area contributed by atoms with E-state index in [1.807, 2.05) is 24.3 Å². The van der Waals surface area contributed by atoms with Gasteiger partial charge in [0.2, 0.25) is 0 Å². The first kappa shape index (κ1) is 10.6. The lowest BCUT2D eigenvalue weighted by molar-refractivity contribution is -0.150. The van der Waals surface area contributed by atoms with Gasteiger partial charge in [-0.25, -0.2) is 4.79 Å². The summed E-state index contributed by atoms with van der Waals surface area (Å²) in [5.41, 5.74) is 2.39. The maximum atomic E-state index is 11.8. The minimum atomic E-state index is -0.773. The molecule has 0 radical (unpaired) electrons. The largest absolute Gasteiger partial charge is 0.460 e. The molecule has 1 aromatic carbocycles. The summed E-state index contributed by atoms with van der Waals surface area (Å²) in [6.45, 7) is 1.90. The van der Waals surface area contributed by atoms with Crippen LogP contribution in [0.5, 0.6) is 0 Å². The topological polar surface area (TPSA) is 43.4 Å². The lowest BCUT2D eigenvalue weighted by Gasteiger charge is -2.04. The number of hydrogen-bond donors (Lipinski definition) is 0. The Morgan fingerprint density at radius 3 is 2.81 bits per heavy atom. The number of ketones is 1. The zero-order chi connectivity index (χ0) is 11.5. The van der Waals surface area contributed by atoms with Gasteiger partial charge in [0.25, 0.3) is 5.78 Å². The van der Waals surface area contributed by atoms with Gasteiger partial charge >= 0.3 is 5.97 Å². The molecule has 0 fully saturated rings. The van der Waals surface area contributed by atoms with E-state index in [9.17, 15) is 9.59 Å². The Hall–Kier alpha value is -1.90. The molecule has 1 aliphatic carbocycles. The van der Waals surface area contributed by atoms with Crippen molar-refractivity contribution in [2.24, 2.45) is 0 Å². The molecule has 1 aliphatic rings. The standard InChI is InChI=1S/C13H12O3/c1-2-16-13(15)12(14)11-8-7-9-5-3-4-6-10(9)11/h3-6,8H,2,7H2,1H3. The van der Waals surface area contributed by atoms with Gasteiger partial charge in [0.1, 0.15) is 0 Å². The highest BCUT2D eigenvalue weighted by Gasteiger charge is 2.25. The second kappa shape index (κ2) is 4.31. The van der Waals surface area contributed by atoms with E-state index in [2.05, 4.69) is 0 Å². The van der Waals surface area contributed by atoms with Crippen molar-refractivity contribution in [2.75, 3.05) is 6.61 Å². The van der Waals surface area contributed by atoms with Crippen LogP contribution in [0.15, 0.2) is 30.3 Å². The lowest BCUT2D eigenvalue weighted by Crippen LogP contribution is -2.18. The van der Waals surface area contributed by atoms with Gasteiger partial charge in [-0.1, -0.05) is 30.3 Å². The smallest absolute Gasteiger partial charge is 0.379 e. The Balaban J connectivity index is 2.25. The van der Waals surface area contributed by atoms with Crippen molar-refractivity contribution >= 4 is 17.3 Å². The fourth-order valence-corrected chi connectivity index (χ4v) is 1.80. The third kappa shape index (κ3) is 1.76. The lowest BCUT2D eigenvalue weighted by atomic mass is 10.0. The monoisotopic (exact) mass is 216 g/mol. The molecule has 16 heavy (non-hydrogen) atoms. The van der Waals surface area contributed by atoms with E-state index in [1.54, 1.807) is 13.0 Å². The number of esters is 1. The zero-order valence-electron chi connectivity index (χ0n) is 9.03. The summed E-state index contributed by atoms with van der Waals surface area (Å²) in [5.74, 6) is -1.32. The van der Waals surface area contributed by atoms with Crippen molar-refractivity contribution in [1.82, 2.24) is 0 Å². The van der Waals surface area contributed by atoms with Crippen molar-refractivity contribution in [3.63, 3.8) is 0 Å². The number of carbonyl (C=O) groups is 2. The van der Waals surface area contributed by atoms with E-state index in [4.69, 9.17) is 4.74 Å². The molecule has 0 aromatic heterocycles. The van der Waals surface area contributed by atoms with Crippen molar-refractivity contribution in [3.05, 3.63) is 41.5 Å². The van der Waals surface area contributed by atoms with Gasteiger partial charge in [-0.2, -0.15) is 0 Å². The maximum absolute atomic E-state index is 11.8. The SMILES string of the molecule is CCOC(=O)C(=O)C1=CCc2ccccc21. The summed E-state index contributed by atoms with van der Waals surface area (Å²) in [6.07, 6.45) is 2.49. The van der Waals surface area contributed by atoms with Gasteiger partial charge in [0.15, 0.2) is 0 Å². The average Bonchev–Trinajstić information content (AvgIpc) is 2.72. The molecule has 0 N–H and O–H groups in total. The molecule has 0 saturated heterocycles. The summed E-state index contributed by atoms with van der Waals surface area (Å²) in [5, 5.41) is 0. The van der Waals surface area contributed by atoms with Gasteiger partial charge in [-0.3, -0.25) is 4.79 Å². The summed E-state index contributed by atoms with van der Waals surface area (Å²) in [7, 11) is 0. The third-order valence-corrected chi connectivity index (χ3v) is 2.54. The summed E-state index contributed by atoms with van der Waals surface area (Å²) in [6, 6.07) is 7.59. The van der Waals surface area contributed by atoms with Crippen LogP contribution >= 0.6 is 0 Å². The molecule has 3 nitrogen and oxygen atoms in total.